The van der Waals surface area contributed by atoms with Crippen molar-refractivity contribution in [2.24, 2.45) is 0 Å². The molecule has 0 fully saturated rings. The topological polar surface area (TPSA) is 88.2 Å². The molecule has 3 aromatic rings. The first kappa shape index (κ1) is 18.9. The zero-order valence-corrected chi connectivity index (χ0v) is 16.0. The third-order valence-electron chi connectivity index (χ3n) is 5.28. The molecule has 1 aliphatic heterocycles. The molecule has 0 spiro atoms. The molecule has 2 aromatic heterocycles. The van der Waals surface area contributed by atoms with Crippen molar-refractivity contribution in [3.05, 3.63) is 65.1 Å². The van der Waals surface area contributed by atoms with Gasteiger partial charge in [0.2, 0.25) is 0 Å². The van der Waals surface area contributed by atoms with Crippen molar-refractivity contribution in [2.45, 2.75) is 31.8 Å². The highest BCUT2D eigenvalue weighted by Crippen LogP contribution is 2.43. The summed E-state index contributed by atoms with van der Waals surface area (Å²) >= 11 is 0. The van der Waals surface area contributed by atoms with E-state index in [1.54, 1.807) is 7.11 Å². The van der Waals surface area contributed by atoms with E-state index in [0.29, 0.717) is 18.9 Å². The van der Waals surface area contributed by atoms with E-state index in [0.717, 1.165) is 28.2 Å². The molecule has 3 atom stereocenters. The first-order chi connectivity index (χ1) is 13.7. The summed E-state index contributed by atoms with van der Waals surface area (Å²) in [7, 11) is 1.62. The maximum absolute atomic E-state index is 11.1. The van der Waals surface area contributed by atoms with Gasteiger partial charge in [-0.2, -0.15) is 0 Å². The number of methoxy groups -OCH3 is 1. The molecule has 148 valence electrons. The lowest BCUT2D eigenvalue weighted by molar-refractivity contribution is -0.0633. The number of hydrogen-bond donors (Lipinski definition) is 3. The number of rotatable bonds is 6. The van der Waals surface area contributed by atoms with Crippen molar-refractivity contribution in [1.82, 2.24) is 9.38 Å². The molecule has 0 radical (unpaired) electrons. The van der Waals surface area contributed by atoms with Crippen molar-refractivity contribution in [1.29, 1.82) is 0 Å². The summed E-state index contributed by atoms with van der Waals surface area (Å²) in [5, 5.41) is 24.3. The van der Waals surface area contributed by atoms with Crippen molar-refractivity contribution < 1.29 is 19.7 Å². The van der Waals surface area contributed by atoms with Gasteiger partial charge in [0.15, 0.2) is 5.65 Å². The van der Waals surface area contributed by atoms with E-state index in [1.165, 1.54) is 0 Å². The van der Waals surface area contributed by atoms with Crippen LogP contribution in [0.2, 0.25) is 0 Å². The number of aliphatic hydroxyl groups is 2. The third-order valence-corrected chi connectivity index (χ3v) is 5.28. The number of nitrogens with zero attached hydrogens (tertiary/aromatic N) is 2. The van der Waals surface area contributed by atoms with Gasteiger partial charge in [-0.15, -0.1) is 0 Å². The van der Waals surface area contributed by atoms with Gasteiger partial charge < -0.3 is 25.0 Å². The Labute approximate surface area is 163 Å². The number of imidazole rings is 1. The van der Waals surface area contributed by atoms with Gasteiger partial charge in [-0.1, -0.05) is 30.3 Å². The van der Waals surface area contributed by atoms with Crippen LogP contribution in [0.3, 0.4) is 0 Å². The van der Waals surface area contributed by atoms with Gasteiger partial charge in [0, 0.05) is 18.9 Å². The highest BCUT2D eigenvalue weighted by Gasteiger charge is 2.38. The van der Waals surface area contributed by atoms with Crippen LogP contribution in [0.25, 0.3) is 5.65 Å². The van der Waals surface area contributed by atoms with Crippen LogP contribution < -0.4 is 5.32 Å². The minimum Gasteiger partial charge on any atom is -0.390 e. The maximum atomic E-state index is 11.1. The fourth-order valence-corrected chi connectivity index (χ4v) is 3.85. The van der Waals surface area contributed by atoms with Crippen molar-refractivity contribution >= 4 is 11.3 Å². The lowest BCUT2D eigenvalue weighted by Gasteiger charge is -2.38. The molecule has 28 heavy (non-hydrogen) atoms. The standard InChI is InChI=1S/C21H25N3O4/c1-13-16(12-25)24-9-8-15-18(21(24)22-13)23-17(14-6-4-3-5-7-14)19(26)20(15)28-11-10-27-2/h3-9,17,19-20,23,25-26H,10-12H2,1-2H3/t17-,19-,20-/m1/s1. The first-order valence-corrected chi connectivity index (χ1v) is 9.37. The third kappa shape index (κ3) is 3.16. The second-order valence-electron chi connectivity index (χ2n) is 6.95. The number of fused-ring (bicyclic) bond motifs is 3. The van der Waals surface area contributed by atoms with Gasteiger partial charge in [0.1, 0.15) is 12.2 Å². The molecule has 0 saturated carbocycles. The molecule has 4 rings (SSSR count). The maximum Gasteiger partial charge on any atom is 0.161 e. The fourth-order valence-electron chi connectivity index (χ4n) is 3.85. The summed E-state index contributed by atoms with van der Waals surface area (Å²) in [6.45, 7) is 2.61. The number of aliphatic hydroxyl groups excluding tert-OH is 2. The highest BCUT2D eigenvalue weighted by atomic mass is 16.5. The van der Waals surface area contributed by atoms with Crippen LogP contribution in [0.4, 0.5) is 5.69 Å². The van der Waals surface area contributed by atoms with Gasteiger partial charge in [-0.05, 0) is 18.6 Å². The molecule has 3 N–H and O–H groups in total. The minimum atomic E-state index is -0.775. The number of anilines is 1. The molecular weight excluding hydrogens is 358 g/mol. The summed E-state index contributed by atoms with van der Waals surface area (Å²) in [6.07, 6.45) is 0.572. The first-order valence-electron chi connectivity index (χ1n) is 9.37. The Morgan fingerprint density at radius 2 is 1.96 bits per heavy atom. The predicted molar refractivity (Wildman–Crippen MR) is 105 cm³/mol. The molecule has 7 heteroatoms. The average molecular weight is 383 g/mol. The molecule has 0 amide bonds. The number of pyridine rings is 1. The monoisotopic (exact) mass is 383 g/mol. The van der Waals surface area contributed by atoms with Crippen LogP contribution in [0.5, 0.6) is 0 Å². The van der Waals surface area contributed by atoms with E-state index in [1.807, 2.05) is 53.9 Å². The molecule has 7 nitrogen and oxygen atoms in total. The smallest absolute Gasteiger partial charge is 0.161 e. The van der Waals surface area contributed by atoms with Crippen molar-refractivity contribution in [3.8, 4) is 0 Å². The zero-order valence-electron chi connectivity index (χ0n) is 16.0. The largest absolute Gasteiger partial charge is 0.390 e. The lowest BCUT2D eigenvalue weighted by Crippen LogP contribution is -2.38. The average Bonchev–Trinajstić information content (AvgIpc) is 3.05. The van der Waals surface area contributed by atoms with E-state index < -0.39 is 12.2 Å². The Hall–Kier alpha value is -2.45. The number of ether oxygens (including phenoxy) is 2. The number of benzene rings is 1. The van der Waals surface area contributed by atoms with Gasteiger partial charge >= 0.3 is 0 Å². The lowest BCUT2D eigenvalue weighted by atomic mass is 9.89. The van der Waals surface area contributed by atoms with E-state index in [-0.39, 0.29) is 12.6 Å². The highest BCUT2D eigenvalue weighted by molar-refractivity contribution is 5.75. The van der Waals surface area contributed by atoms with Crippen molar-refractivity contribution in [2.75, 3.05) is 25.6 Å². The van der Waals surface area contributed by atoms with Gasteiger partial charge in [-0.3, -0.25) is 4.40 Å². The SMILES string of the molecule is COCCO[C@@H]1c2ccn3c(CO)c(C)nc3c2N[C@H](c2ccccc2)[C@H]1O. The molecule has 3 heterocycles. The van der Waals surface area contributed by atoms with Crippen LogP contribution in [0.15, 0.2) is 42.6 Å². The van der Waals surface area contributed by atoms with Crippen LogP contribution in [0.1, 0.15) is 34.7 Å². The van der Waals surface area contributed by atoms with Crippen molar-refractivity contribution in [3.63, 3.8) is 0 Å². The quantitative estimate of drug-likeness (QED) is 0.567. The summed E-state index contributed by atoms with van der Waals surface area (Å²) < 4.78 is 13.0. The van der Waals surface area contributed by atoms with Crippen LogP contribution in [-0.4, -0.2) is 46.0 Å². The minimum absolute atomic E-state index is 0.0930. The number of hydrogen-bond acceptors (Lipinski definition) is 6. The number of nitrogens with one attached hydrogen (secondary N) is 1. The molecule has 0 aliphatic carbocycles. The van der Waals surface area contributed by atoms with E-state index in [4.69, 9.17) is 9.47 Å². The molecule has 0 unspecified atom stereocenters. The molecular formula is C21H25N3O4. The summed E-state index contributed by atoms with van der Waals surface area (Å²) in [4.78, 5) is 4.66. The Kier molecular flexibility index (Phi) is 5.32. The van der Waals surface area contributed by atoms with Gasteiger partial charge in [0.25, 0.3) is 0 Å². The molecule has 1 aromatic carbocycles. The number of aromatic nitrogens is 2. The Morgan fingerprint density at radius 1 is 1.18 bits per heavy atom. The molecule has 1 aliphatic rings. The Morgan fingerprint density at radius 3 is 2.68 bits per heavy atom. The zero-order chi connectivity index (χ0) is 19.7. The molecule has 0 bridgehead atoms. The summed E-state index contributed by atoms with van der Waals surface area (Å²) in [5.74, 6) is 0. The van der Waals surface area contributed by atoms with Crippen LogP contribution in [-0.2, 0) is 16.1 Å². The Balaban J connectivity index is 1.83. The summed E-state index contributed by atoms with van der Waals surface area (Å²) in [5.41, 5.74) is 4.86. The number of aryl methyl sites for hydroxylation is 1. The second kappa shape index (κ2) is 7.89. The van der Waals surface area contributed by atoms with Crippen LogP contribution >= 0.6 is 0 Å². The predicted octanol–water partition coefficient (Wildman–Crippen LogP) is 2.37. The second-order valence-corrected chi connectivity index (χ2v) is 6.95. The van der Waals surface area contributed by atoms with E-state index in [9.17, 15) is 10.2 Å². The van der Waals surface area contributed by atoms with Gasteiger partial charge in [-0.25, -0.2) is 4.98 Å². The normalized spacial score (nSPS) is 21.5. The Bertz CT molecular complexity index is 957. The fraction of sp³-hybridized carbons (Fsp3) is 0.381. The van der Waals surface area contributed by atoms with Crippen LogP contribution in [0, 0.1) is 6.92 Å². The summed E-state index contributed by atoms with van der Waals surface area (Å²) in [6, 6.07) is 11.4. The van der Waals surface area contributed by atoms with E-state index >= 15 is 0 Å². The molecule has 0 saturated heterocycles. The van der Waals surface area contributed by atoms with E-state index in [2.05, 4.69) is 10.3 Å². The van der Waals surface area contributed by atoms with Gasteiger partial charge in [0.05, 0.1) is 42.9 Å².